The lowest BCUT2D eigenvalue weighted by atomic mass is 9.92. The Kier molecular flexibility index (Phi) is 4.41. The molecule has 2 saturated carbocycles. The zero-order chi connectivity index (χ0) is 16.5. The Morgan fingerprint density at radius 3 is 2.71 bits per heavy atom. The molecule has 0 spiro atoms. The van der Waals surface area contributed by atoms with Gasteiger partial charge >= 0.3 is 0 Å². The van der Waals surface area contributed by atoms with Gasteiger partial charge in [0.05, 0.1) is 23.1 Å². The summed E-state index contributed by atoms with van der Waals surface area (Å²) in [6.07, 6.45) is 11.4. The van der Waals surface area contributed by atoms with Crippen molar-refractivity contribution in [2.24, 2.45) is 11.7 Å². The molecule has 2 heterocycles. The highest BCUT2D eigenvalue weighted by Gasteiger charge is 2.25. The van der Waals surface area contributed by atoms with E-state index in [2.05, 4.69) is 25.5 Å². The van der Waals surface area contributed by atoms with Gasteiger partial charge in [0.25, 0.3) is 0 Å². The number of rotatable bonds is 5. The van der Waals surface area contributed by atoms with E-state index in [1.165, 1.54) is 18.4 Å². The molecular formula is C17H23ClN6. The predicted molar refractivity (Wildman–Crippen MR) is 94.9 cm³/mol. The molecule has 0 saturated heterocycles. The standard InChI is InChI=1S/C17H23ClN6/c18-14-9-20-17(22-13-5-3-12(19)4-6-13)23-16(14)15-11(8-21-24-15)7-10-1-2-10/h8-10,12-13H,1-7,19H2,(H,21,24)(H,20,22,23). The van der Waals surface area contributed by atoms with Crippen LogP contribution < -0.4 is 11.1 Å². The molecule has 4 rings (SSSR count). The second-order valence-electron chi connectivity index (χ2n) is 7.06. The monoisotopic (exact) mass is 346 g/mol. The maximum atomic E-state index is 6.36. The van der Waals surface area contributed by atoms with Gasteiger partial charge in [0.1, 0.15) is 5.69 Å². The van der Waals surface area contributed by atoms with Gasteiger partial charge in [0.15, 0.2) is 0 Å². The van der Waals surface area contributed by atoms with Crippen molar-refractivity contribution in [1.82, 2.24) is 20.2 Å². The van der Waals surface area contributed by atoms with Gasteiger partial charge in [0.2, 0.25) is 5.95 Å². The zero-order valence-corrected chi connectivity index (χ0v) is 14.4. The van der Waals surface area contributed by atoms with Gasteiger partial charge in [-0.2, -0.15) is 5.10 Å². The van der Waals surface area contributed by atoms with Crippen molar-refractivity contribution < 1.29 is 0 Å². The number of H-pyrrole nitrogens is 1. The van der Waals surface area contributed by atoms with Crippen LogP contribution in [0.2, 0.25) is 5.02 Å². The summed E-state index contributed by atoms with van der Waals surface area (Å²) in [5.41, 5.74) is 8.81. The number of aromatic amines is 1. The quantitative estimate of drug-likeness (QED) is 0.773. The van der Waals surface area contributed by atoms with Crippen LogP contribution in [0.3, 0.4) is 0 Å². The molecule has 2 aromatic rings. The van der Waals surface area contributed by atoms with Crippen LogP contribution in [-0.4, -0.2) is 32.2 Å². The molecule has 0 radical (unpaired) electrons. The molecule has 0 aromatic carbocycles. The molecule has 7 heteroatoms. The molecule has 0 aliphatic heterocycles. The third-order valence-corrected chi connectivity index (χ3v) is 5.29. The largest absolute Gasteiger partial charge is 0.351 e. The van der Waals surface area contributed by atoms with E-state index in [4.69, 9.17) is 17.3 Å². The Bertz CT molecular complexity index is 703. The van der Waals surface area contributed by atoms with Crippen molar-refractivity contribution >= 4 is 17.5 Å². The summed E-state index contributed by atoms with van der Waals surface area (Å²) >= 11 is 6.36. The van der Waals surface area contributed by atoms with Gasteiger partial charge in [-0.15, -0.1) is 0 Å². The Morgan fingerprint density at radius 1 is 1.17 bits per heavy atom. The maximum Gasteiger partial charge on any atom is 0.223 e. The van der Waals surface area contributed by atoms with Gasteiger partial charge in [-0.3, -0.25) is 5.10 Å². The van der Waals surface area contributed by atoms with E-state index in [9.17, 15) is 0 Å². The Morgan fingerprint density at radius 2 is 1.96 bits per heavy atom. The fourth-order valence-corrected chi connectivity index (χ4v) is 3.55. The van der Waals surface area contributed by atoms with E-state index in [0.29, 0.717) is 23.1 Å². The Labute approximate surface area is 146 Å². The highest BCUT2D eigenvalue weighted by atomic mass is 35.5. The summed E-state index contributed by atoms with van der Waals surface area (Å²) in [7, 11) is 0. The van der Waals surface area contributed by atoms with Crippen LogP contribution in [-0.2, 0) is 6.42 Å². The van der Waals surface area contributed by atoms with Crippen molar-refractivity contribution in [2.75, 3.05) is 5.32 Å². The molecular weight excluding hydrogens is 324 g/mol. The van der Waals surface area contributed by atoms with Gasteiger partial charge in [-0.25, -0.2) is 9.97 Å². The fourth-order valence-electron chi connectivity index (χ4n) is 3.36. The van der Waals surface area contributed by atoms with Crippen molar-refractivity contribution in [1.29, 1.82) is 0 Å². The van der Waals surface area contributed by atoms with Crippen LogP contribution >= 0.6 is 11.6 Å². The third kappa shape index (κ3) is 3.54. The minimum atomic E-state index is 0.333. The molecule has 2 aliphatic carbocycles. The summed E-state index contributed by atoms with van der Waals surface area (Å²) in [6.45, 7) is 0. The number of nitrogens with one attached hydrogen (secondary N) is 2. The van der Waals surface area contributed by atoms with Crippen LogP contribution in [0.5, 0.6) is 0 Å². The first-order valence-corrected chi connectivity index (χ1v) is 9.14. The number of nitrogens with zero attached hydrogens (tertiary/aromatic N) is 3. The van der Waals surface area contributed by atoms with E-state index in [1.54, 1.807) is 6.20 Å². The number of nitrogens with two attached hydrogens (primary N) is 1. The number of hydrogen-bond acceptors (Lipinski definition) is 5. The smallest absolute Gasteiger partial charge is 0.223 e. The first kappa shape index (κ1) is 15.8. The molecule has 0 unspecified atom stereocenters. The van der Waals surface area contributed by atoms with Crippen LogP contribution in [0.4, 0.5) is 5.95 Å². The van der Waals surface area contributed by atoms with Crippen molar-refractivity contribution in [2.45, 2.75) is 57.0 Å². The number of halogens is 1. The lowest BCUT2D eigenvalue weighted by Gasteiger charge is -2.26. The fraction of sp³-hybridized carbons (Fsp3) is 0.588. The molecule has 0 bridgehead atoms. The highest BCUT2D eigenvalue weighted by Crippen LogP contribution is 2.36. The van der Waals surface area contributed by atoms with Crippen LogP contribution in [0, 0.1) is 5.92 Å². The molecule has 6 nitrogen and oxygen atoms in total. The van der Waals surface area contributed by atoms with Gasteiger partial charge in [-0.05, 0) is 56.4 Å². The lowest BCUT2D eigenvalue weighted by molar-refractivity contribution is 0.410. The summed E-state index contributed by atoms with van der Waals surface area (Å²) in [6, 6.07) is 0.714. The van der Waals surface area contributed by atoms with E-state index < -0.39 is 0 Å². The van der Waals surface area contributed by atoms with E-state index >= 15 is 0 Å². The lowest BCUT2D eigenvalue weighted by Crippen LogP contribution is -2.33. The summed E-state index contributed by atoms with van der Waals surface area (Å²) < 4.78 is 0. The number of anilines is 1. The average molecular weight is 347 g/mol. The molecule has 0 atom stereocenters. The topological polar surface area (TPSA) is 92.5 Å². The molecule has 2 fully saturated rings. The van der Waals surface area contributed by atoms with Crippen LogP contribution in [0.25, 0.3) is 11.4 Å². The van der Waals surface area contributed by atoms with Gasteiger partial charge in [0, 0.05) is 12.1 Å². The van der Waals surface area contributed by atoms with E-state index in [1.807, 2.05) is 6.20 Å². The first-order chi connectivity index (χ1) is 11.7. The third-order valence-electron chi connectivity index (χ3n) is 5.01. The molecule has 128 valence electrons. The molecule has 2 aliphatic rings. The SMILES string of the molecule is NC1CCC(Nc2ncc(Cl)c(-c3[nH]ncc3CC3CC3)n2)CC1. The Hall–Kier alpha value is -1.66. The summed E-state index contributed by atoms with van der Waals surface area (Å²) in [5.74, 6) is 1.41. The molecule has 0 amide bonds. The minimum absolute atomic E-state index is 0.333. The van der Waals surface area contributed by atoms with Crippen molar-refractivity contribution in [3.8, 4) is 11.4 Å². The second kappa shape index (κ2) is 6.69. The van der Waals surface area contributed by atoms with Crippen LogP contribution in [0.1, 0.15) is 44.1 Å². The molecule has 2 aromatic heterocycles. The van der Waals surface area contributed by atoms with E-state index in [-0.39, 0.29) is 0 Å². The molecule has 4 N–H and O–H groups in total. The normalized spacial score (nSPS) is 24.1. The van der Waals surface area contributed by atoms with Crippen molar-refractivity contribution in [3.05, 3.63) is 23.0 Å². The summed E-state index contributed by atoms with van der Waals surface area (Å²) in [4.78, 5) is 9.00. The van der Waals surface area contributed by atoms with Gasteiger partial charge in [-0.1, -0.05) is 11.6 Å². The number of hydrogen-bond donors (Lipinski definition) is 3. The van der Waals surface area contributed by atoms with Crippen LogP contribution in [0.15, 0.2) is 12.4 Å². The highest BCUT2D eigenvalue weighted by molar-refractivity contribution is 6.32. The second-order valence-corrected chi connectivity index (χ2v) is 7.47. The van der Waals surface area contributed by atoms with Crippen molar-refractivity contribution in [3.63, 3.8) is 0 Å². The number of aromatic nitrogens is 4. The first-order valence-electron chi connectivity index (χ1n) is 8.76. The average Bonchev–Trinajstić information content (AvgIpc) is 3.28. The molecule has 24 heavy (non-hydrogen) atoms. The zero-order valence-electron chi connectivity index (χ0n) is 13.6. The summed E-state index contributed by atoms with van der Waals surface area (Å²) in [5, 5.41) is 11.2. The van der Waals surface area contributed by atoms with Gasteiger partial charge < -0.3 is 11.1 Å². The van der Waals surface area contributed by atoms with E-state index in [0.717, 1.165) is 49.4 Å². The maximum absolute atomic E-state index is 6.36. The minimum Gasteiger partial charge on any atom is -0.351 e. The Balaban J connectivity index is 1.54. The predicted octanol–water partition coefficient (Wildman–Crippen LogP) is 3.15.